The zero-order chi connectivity index (χ0) is 19.2. The van der Waals surface area contributed by atoms with Gasteiger partial charge in [0.2, 0.25) is 0 Å². The fourth-order valence-electron chi connectivity index (χ4n) is 2.48. The molecule has 0 atom stereocenters. The molecule has 0 aliphatic rings. The number of halogens is 1. The summed E-state index contributed by atoms with van der Waals surface area (Å²) in [6, 6.07) is 15.0. The minimum Gasteiger partial charge on any atom is -0.497 e. The van der Waals surface area contributed by atoms with Crippen LogP contribution in [-0.2, 0) is 11.4 Å². The number of hydrogen-bond acceptors (Lipinski definition) is 4. The molecule has 0 unspecified atom stereocenters. The van der Waals surface area contributed by atoms with Gasteiger partial charge in [0.05, 0.1) is 12.7 Å². The van der Waals surface area contributed by atoms with Crippen LogP contribution in [0.1, 0.15) is 16.0 Å². The van der Waals surface area contributed by atoms with Crippen LogP contribution in [0.5, 0.6) is 11.5 Å². The highest BCUT2D eigenvalue weighted by molar-refractivity contribution is 7.11. The summed E-state index contributed by atoms with van der Waals surface area (Å²) in [7, 11) is 1.53. The van der Waals surface area contributed by atoms with Gasteiger partial charge < -0.3 is 14.6 Å². The van der Waals surface area contributed by atoms with Gasteiger partial charge in [-0.25, -0.2) is 9.18 Å². The van der Waals surface area contributed by atoms with Crippen molar-refractivity contribution < 1.29 is 23.8 Å². The van der Waals surface area contributed by atoms with Crippen molar-refractivity contribution >= 4 is 29.0 Å². The Hall–Kier alpha value is -3.12. The largest absolute Gasteiger partial charge is 0.497 e. The minimum absolute atomic E-state index is 0.0160. The highest BCUT2D eigenvalue weighted by atomic mass is 32.1. The van der Waals surface area contributed by atoms with Gasteiger partial charge in [-0.2, -0.15) is 0 Å². The van der Waals surface area contributed by atoms with Gasteiger partial charge in [-0.05, 0) is 35.7 Å². The fourth-order valence-corrected chi connectivity index (χ4v) is 3.22. The van der Waals surface area contributed by atoms with E-state index in [2.05, 4.69) is 0 Å². The molecule has 1 aromatic heterocycles. The van der Waals surface area contributed by atoms with Gasteiger partial charge in [0.15, 0.2) is 0 Å². The van der Waals surface area contributed by atoms with Crippen molar-refractivity contribution in [2.75, 3.05) is 7.11 Å². The third-order valence-electron chi connectivity index (χ3n) is 3.88. The second-order valence-corrected chi connectivity index (χ2v) is 6.57. The number of benzene rings is 2. The van der Waals surface area contributed by atoms with E-state index in [0.717, 1.165) is 0 Å². The van der Waals surface area contributed by atoms with Gasteiger partial charge in [0.1, 0.15) is 23.9 Å². The average Bonchev–Trinajstić information content (AvgIpc) is 3.20. The van der Waals surface area contributed by atoms with E-state index in [0.29, 0.717) is 27.5 Å². The van der Waals surface area contributed by atoms with Crippen molar-refractivity contribution in [3.05, 3.63) is 81.8 Å². The summed E-state index contributed by atoms with van der Waals surface area (Å²) >= 11 is 1.34. The Morgan fingerprint density at radius 1 is 1.19 bits per heavy atom. The Bertz CT molecular complexity index is 964. The normalized spacial score (nSPS) is 11.3. The average molecular weight is 384 g/mol. The molecule has 0 amide bonds. The maximum atomic E-state index is 13.8. The molecule has 0 bridgehead atoms. The molecular formula is C21H17FO4S. The molecule has 0 saturated heterocycles. The maximum absolute atomic E-state index is 13.8. The van der Waals surface area contributed by atoms with Crippen LogP contribution < -0.4 is 9.47 Å². The zero-order valence-corrected chi connectivity index (χ0v) is 15.3. The van der Waals surface area contributed by atoms with E-state index >= 15 is 0 Å². The van der Waals surface area contributed by atoms with Crippen LogP contribution in [0.25, 0.3) is 11.6 Å². The molecule has 0 aliphatic heterocycles. The van der Waals surface area contributed by atoms with E-state index in [1.807, 2.05) is 5.38 Å². The van der Waals surface area contributed by atoms with Crippen LogP contribution >= 0.6 is 11.3 Å². The van der Waals surface area contributed by atoms with Crippen LogP contribution in [0.15, 0.2) is 60.0 Å². The minimum atomic E-state index is -1.03. The van der Waals surface area contributed by atoms with E-state index in [1.165, 1.54) is 24.5 Å². The van der Waals surface area contributed by atoms with Crippen LogP contribution in [0.2, 0.25) is 0 Å². The number of thiophene rings is 1. The molecule has 138 valence electrons. The van der Waals surface area contributed by atoms with Gasteiger partial charge in [-0.3, -0.25) is 0 Å². The number of aliphatic carboxylic acids is 1. The predicted molar refractivity (Wildman–Crippen MR) is 104 cm³/mol. The Balaban J connectivity index is 1.96. The summed E-state index contributed by atoms with van der Waals surface area (Å²) in [4.78, 5) is 12.3. The van der Waals surface area contributed by atoms with Gasteiger partial charge in [0.25, 0.3) is 0 Å². The van der Waals surface area contributed by atoms with Crippen molar-refractivity contribution in [2.45, 2.75) is 6.61 Å². The lowest BCUT2D eigenvalue weighted by Crippen LogP contribution is -2.01. The summed E-state index contributed by atoms with van der Waals surface area (Å²) in [5, 5.41) is 11.4. The number of rotatable bonds is 7. The summed E-state index contributed by atoms with van der Waals surface area (Å²) in [6.45, 7) is 0.0160. The lowest BCUT2D eigenvalue weighted by molar-refractivity contribution is -0.130. The Labute approximate surface area is 160 Å². The Morgan fingerprint density at radius 2 is 2.00 bits per heavy atom. The summed E-state index contributed by atoms with van der Waals surface area (Å²) < 4.78 is 24.9. The number of methoxy groups -OCH3 is 1. The second-order valence-electron chi connectivity index (χ2n) is 5.62. The van der Waals surface area contributed by atoms with Crippen LogP contribution in [0.4, 0.5) is 4.39 Å². The molecular weight excluding hydrogens is 367 g/mol. The molecule has 27 heavy (non-hydrogen) atoms. The zero-order valence-electron chi connectivity index (χ0n) is 14.5. The first-order valence-corrected chi connectivity index (χ1v) is 8.99. The SMILES string of the molecule is COc1ccc(/C=C(\C(=O)O)c2cccs2)c(OCc2ccccc2F)c1. The molecule has 4 nitrogen and oxygen atoms in total. The van der Waals surface area contributed by atoms with E-state index in [4.69, 9.17) is 9.47 Å². The van der Waals surface area contributed by atoms with E-state index in [-0.39, 0.29) is 18.0 Å². The first-order valence-electron chi connectivity index (χ1n) is 8.11. The molecule has 0 aliphatic carbocycles. The number of carboxylic acids is 1. The predicted octanol–water partition coefficient (Wildman–Crippen LogP) is 5.10. The van der Waals surface area contributed by atoms with Crippen molar-refractivity contribution in [3.63, 3.8) is 0 Å². The standard InChI is InChI=1S/C21H17FO4S/c1-25-16-9-8-14(11-17(21(23)24)20-7-4-10-27-20)19(12-16)26-13-15-5-2-3-6-18(15)22/h2-12H,13H2,1H3,(H,23,24)/b17-11-. The molecule has 3 rings (SSSR count). The number of ether oxygens (including phenoxy) is 2. The Kier molecular flexibility index (Phi) is 5.88. The molecule has 1 heterocycles. The third kappa shape index (κ3) is 4.54. The number of carbonyl (C=O) groups is 1. The molecule has 6 heteroatoms. The van der Waals surface area contributed by atoms with Gasteiger partial charge in [-0.1, -0.05) is 24.3 Å². The van der Waals surface area contributed by atoms with Gasteiger partial charge >= 0.3 is 5.97 Å². The van der Waals surface area contributed by atoms with Gasteiger partial charge in [0, 0.05) is 22.1 Å². The third-order valence-corrected chi connectivity index (χ3v) is 4.78. The molecule has 0 radical (unpaired) electrons. The van der Waals surface area contributed by atoms with Crippen molar-refractivity contribution in [3.8, 4) is 11.5 Å². The monoisotopic (exact) mass is 384 g/mol. The van der Waals surface area contributed by atoms with Crippen molar-refractivity contribution in [2.24, 2.45) is 0 Å². The highest BCUT2D eigenvalue weighted by Gasteiger charge is 2.14. The van der Waals surface area contributed by atoms with Crippen LogP contribution in [0.3, 0.4) is 0 Å². The molecule has 2 aromatic carbocycles. The van der Waals surface area contributed by atoms with Crippen LogP contribution in [0, 0.1) is 5.82 Å². The summed E-state index contributed by atoms with van der Waals surface area (Å²) in [5.41, 5.74) is 1.14. The fraction of sp³-hybridized carbons (Fsp3) is 0.0952. The molecule has 0 saturated carbocycles. The quantitative estimate of drug-likeness (QED) is 0.576. The lowest BCUT2D eigenvalue weighted by Gasteiger charge is -2.12. The van der Waals surface area contributed by atoms with Gasteiger partial charge in [-0.15, -0.1) is 11.3 Å². The molecule has 3 aromatic rings. The molecule has 0 fully saturated rings. The summed E-state index contributed by atoms with van der Waals surface area (Å²) in [5.74, 6) is -0.424. The second kappa shape index (κ2) is 8.51. The van der Waals surface area contributed by atoms with E-state index < -0.39 is 5.97 Å². The maximum Gasteiger partial charge on any atom is 0.337 e. The van der Waals surface area contributed by atoms with Crippen molar-refractivity contribution in [1.82, 2.24) is 0 Å². The summed E-state index contributed by atoms with van der Waals surface area (Å²) in [6.07, 6.45) is 1.55. The Morgan fingerprint density at radius 3 is 2.67 bits per heavy atom. The van der Waals surface area contributed by atoms with Crippen molar-refractivity contribution in [1.29, 1.82) is 0 Å². The number of carboxylic acid groups (broad SMARTS) is 1. The van der Waals surface area contributed by atoms with Crippen LogP contribution in [-0.4, -0.2) is 18.2 Å². The first-order chi connectivity index (χ1) is 13.1. The highest BCUT2D eigenvalue weighted by Crippen LogP contribution is 2.31. The first kappa shape index (κ1) is 18.7. The molecule has 0 spiro atoms. The molecule has 1 N–H and O–H groups in total. The van der Waals surface area contributed by atoms with E-state index in [9.17, 15) is 14.3 Å². The van der Waals surface area contributed by atoms with E-state index in [1.54, 1.807) is 54.6 Å². The lowest BCUT2D eigenvalue weighted by atomic mass is 10.1. The smallest absolute Gasteiger partial charge is 0.337 e. The number of hydrogen-bond donors (Lipinski definition) is 1. The topological polar surface area (TPSA) is 55.8 Å².